The summed E-state index contributed by atoms with van der Waals surface area (Å²) in [5, 5.41) is 9.59. The van der Waals surface area contributed by atoms with Crippen LogP contribution in [0.15, 0.2) is 0 Å². The van der Waals surface area contributed by atoms with Crippen LogP contribution in [-0.4, -0.2) is 60.3 Å². The lowest BCUT2D eigenvalue weighted by molar-refractivity contribution is 0.158. The first kappa shape index (κ1) is 12.0. The van der Waals surface area contributed by atoms with Crippen molar-refractivity contribution in [1.82, 2.24) is 9.80 Å². The first-order valence-electron chi connectivity index (χ1n) is 5.49. The third-order valence-corrected chi connectivity index (χ3v) is 3.06. The Kier molecular flexibility index (Phi) is 3.93. The maximum absolute atomic E-state index is 9.59. The number of nitrogens with zero attached hydrogens (tertiary/aromatic N) is 2. The van der Waals surface area contributed by atoms with Crippen molar-refractivity contribution in [3.63, 3.8) is 0 Å². The SMILES string of the molecule is CN(C)CCCN1CC(O)CC1(C)C. The van der Waals surface area contributed by atoms with Crippen LogP contribution < -0.4 is 0 Å². The van der Waals surface area contributed by atoms with E-state index in [2.05, 4.69) is 37.7 Å². The lowest BCUT2D eigenvalue weighted by Crippen LogP contribution is -2.39. The molecule has 0 spiro atoms. The predicted octanol–water partition coefficient (Wildman–Crippen LogP) is 0.783. The highest BCUT2D eigenvalue weighted by Gasteiger charge is 2.36. The molecule has 0 bridgehead atoms. The summed E-state index contributed by atoms with van der Waals surface area (Å²) >= 11 is 0. The summed E-state index contributed by atoms with van der Waals surface area (Å²) in [5.74, 6) is 0. The fourth-order valence-corrected chi connectivity index (χ4v) is 2.24. The van der Waals surface area contributed by atoms with E-state index in [1.165, 1.54) is 6.42 Å². The number of likely N-dealkylation sites (tertiary alicyclic amines) is 1. The molecule has 14 heavy (non-hydrogen) atoms. The van der Waals surface area contributed by atoms with E-state index >= 15 is 0 Å². The largest absolute Gasteiger partial charge is 0.392 e. The molecule has 0 radical (unpaired) electrons. The Labute approximate surface area is 87.7 Å². The minimum atomic E-state index is -0.121. The highest BCUT2D eigenvalue weighted by atomic mass is 16.3. The maximum Gasteiger partial charge on any atom is 0.0684 e. The van der Waals surface area contributed by atoms with E-state index in [0.717, 1.165) is 26.1 Å². The average molecular weight is 200 g/mol. The Morgan fingerprint density at radius 3 is 2.50 bits per heavy atom. The standard InChI is InChI=1S/C11H24N2O/c1-11(2)8-10(14)9-13(11)7-5-6-12(3)4/h10,14H,5-9H2,1-4H3. The molecule has 0 aromatic carbocycles. The minimum Gasteiger partial charge on any atom is -0.392 e. The fourth-order valence-electron chi connectivity index (χ4n) is 2.24. The van der Waals surface area contributed by atoms with Crippen molar-refractivity contribution < 1.29 is 5.11 Å². The Bertz CT molecular complexity index is 180. The van der Waals surface area contributed by atoms with Gasteiger partial charge in [0.2, 0.25) is 0 Å². The van der Waals surface area contributed by atoms with Gasteiger partial charge in [0, 0.05) is 12.1 Å². The van der Waals surface area contributed by atoms with Crippen LogP contribution in [0.5, 0.6) is 0 Å². The summed E-state index contributed by atoms with van der Waals surface area (Å²) in [5.41, 5.74) is 0.186. The highest BCUT2D eigenvalue weighted by molar-refractivity contribution is 4.92. The smallest absolute Gasteiger partial charge is 0.0684 e. The van der Waals surface area contributed by atoms with Gasteiger partial charge in [0.05, 0.1) is 6.10 Å². The number of β-amino-alcohol motifs (C(OH)–C–C–N with tert-alkyl or cyclic N) is 1. The topological polar surface area (TPSA) is 26.7 Å². The molecule has 1 atom stereocenters. The Morgan fingerprint density at radius 1 is 1.43 bits per heavy atom. The Morgan fingerprint density at radius 2 is 2.07 bits per heavy atom. The van der Waals surface area contributed by atoms with E-state index < -0.39 is 0 Å². The van der Waals surface area contributed by atoms with E-state index in [1.54, 1.807) is 0 Å². The molecule has 3 nitrogen and oxygen atoms in total. The van der Waals surface area contributed by atoms with Gasteiger partial charge >= 0.3 is 0 Å². The molecule has 0 aromatic rings. The van der Waals surface area contributed by atoms with Crippen LogP contribution in [0.1, 0.15) is 26.7 Å². The maximum atomic E-state index is 9.59. The van der Waals surface area contributed by atoms with E-state index in [9.17, 15) is 5.11 Å². The van der Waals surface area contributed by atoms with Gasteiger partial charge < -0.3 is 10.0 Å². The van der Waals surface area contributed by atoms with Crippen molar-refractivity contribution in [2.75, 3.05) is 33.7 Å². The van der Waals surface area contributed by atoms with Crippen LogP contribution in [0.4, 0.5) is 0 Å². The molecule has 3 heteroatoms. The number of hydrogen-bond acceptors (Lipinski definition) is 3. The Hall–Kier alpha value is -0.120. The molecule has 84 valence electrons. The third-order valence-electron chi connectivity index (χ3n) is 3.06. The van der Waals surface area contributed by atoms with Gasteiger partial charge in [-0.3, -0.25) is 4.90 Å². The monoisotopic (exact) mass is 200 g/mol. The zero-order chi connectivity index (χ0) is 10.8. The van der Waals surface area contributed by atoms with Gasteiger partial charge in [-0.1, -0.05) is 0 Å². The number of hydrogen-bond donors (Lipinski definition) is 1. The first-order chi connectivity index (χ1) is 6.42. The van der Waals surface area contributed by atoms with Gasteiger partial charge in [-0.25, -0.2) is 0 Å². The van der Waals surface area contributed by atoms with Gasteiger partial charge in [0.25, 0.3) is 0 Å². The Balaban J connectivity index is 2.30. The molecule has 1 saturated heterocycles. The molecule has 0 amide bonds. The van der Waals surface area contributed by atoms with Crippen molar-refractivity contribution in [2.45, 2.75) is 38.3 Å². The summed E-state index contributed by atoms with van der Waals surface area (Å²) in [6, 6.07) is 0. The fraction of sp³-hybridized carbons (Fsp3) is 1.00. The van der Waals surface area contributed by atoms with Gasteiger partial charge in [0.1, 0.15) is 0 Å². The first-order valence-corrected chi connectivity index (χ1v) is 5.49. The van der Waals surface area contributed by atoms with Crippen molar-refractivity contribution >= 4 is 0 Å². The third kappa shape index (κ3) is 3.23. The molecule has 1 aliphatic rings. The molecule has 0 saturated carbocycles. The van der Waals surface area contributed by atoms with Crippen LogP contribution in [0.25, 0.3) is 0 Å². The summed E-state index contributed by atoms with van der Waals surface area (Å²) < 4.78 is 0. The van der Waals surface area contributed by atoms with Crippen LogP contribution in [0.2, 0.25) is 0 Å². The molecular formula is C11H24N2O. The van der Waals surface area contributed by atoms with Crippen LogP contribution in [-0.2, 0) is 0 Å². The van der Waals surface area contributed by atoms with E-state index in [-0.39, 0.29) is 11.6 Å². The average Bonchev–Trinajstić information content (AvgIpc) is 2.24. The molecule has 1 unspecified atom stereocenters. The molecule has 0 aromatic heterocycles. The second-order valence-corrected chi connectivity index (χ2v) is 5.27. The number of aliphatic hydroxyl groups excluding tert-OH is 1. The molecule has 1 heterocycles. The van der Waals surface area contributed by atoms with Crippen molar-refractivity contribution in [2.24, 2.45) is 0 Å². The molecule has 0 aliphatic carbocycles. The van der Waals surface area contributed by atoms with Crippen LogP contribution in [0.3, 0.4) is 0 Å². The second kappa shape index (κ2) is 4.60. The predicted molar refractivity (Wildman–Crippen MR) is 59.4 cm³/mol. The van der Waals surface area contributed by atoms with Gasteiger partial charge in [-0.15, -0.1) is 0 Å². The van der Waals surface area contributed by atoms with Gasteiger partial charge in [-0.2, -0.15) is 0 Å². The number of rotatable bonds is 4. The molecule has 1 N–H and O–H groups in total. The molecule has 1 fully saturated rings. The minimum absolute atomic E-state index is 0.121. The van der Waals surface area contributed by atoms with E-state index in [4.69, 9.17) is 0 Å². The van der Waals surface area contributed by atoms with Crippen molar-refractivity contribution in [1.29, 1.82) is 0 Å². The zero-order valence-electron chi connectivity index (χ0n) is 9.95. The van der Waals surface area contributed by atoms with Crippen molar-refractivity contribution in [3.8, 4) is 0 Å². The van der Waals surface area contributed by atoms with E-state index in [0.29, 0.717) is 0 Å². The van der Waals surface area contributed by atoms with Gasteiger partial charge in [-0.05, 0) is 53.9 Å². The normalized spacial score (nSPS) is 27.4. The quantitative estimate of drug-likeness (QED) is 0.726. The lowest BCUT2D eigenvalue weighted by Gasteiger charge is -2.31. The second-order valence-electron chi connectivity index (χ2n) is 5.27. The molecule has 1 aliphatic heterocycles. The summed E-state index contributed by atoms with van der Waals surface area (Å²) in [6.07, 6.45) is 1.97. The van der Waals surface area contributed by atoms with Crippen LogP contribution >= 0.6 is 0 Å². The van der Waals surface area contributed by atoms with Gasteiger partial charge in [0.15, 0.2) is 0 Å². The zero-order valence-corrected chi connectivity index (χ0v) is 9.95. The molecule has 1 rings (SSSR count). The summed E-state index contributed by atoms with van der Waals surface area (Å²) in [6.45, 7) is 7.52. The number of aliphatic hydroxyl groups is 1. The van der Waals surface area contributed by atoms with Crippen LogP contribution in [0, 0.1) is 0 Å². The summed E-state index contributed by atoms with van der Waals surface area (Å²) in [7, 11) is 4.20. The highest BCUT2D eigenvalue weighted by Crippen LogP contribution is 2.28. The molecular weight excluding hydrogens is 176 g/mol. The lowest BCUT2D eigenvalue weighted by atomic mass is 10.0. The van der Waals surface area contributed by atoms with Crippen molar-refractivity contribution in [3.05, 3.63) is 0 Å². The summed E-state index contributed by atoms with van der Waals surface area (Å²) in [4.78, 5) is 4.61. The van der Waals surface area contributed by atoms with E-state index in [1.807, 2.05) is 0 Å².